The Bertz CT molecular complexity index is 1120. The molecule has 0 saturated heterocycles. The number of nitrogens with one attached hydrogen (secondary N) is 2. The summed E-state index contributed by atoms with van der Waals surface area (Å²) in [7, 11) is 1.59. The highest BCUT2D eigenvalue weighted by atomic mass is 32.1. The van der Waals surface area contributed by atoms with E-state index < -0.39 is 0 Å². The Morgan fingerprint density at radius 3 is 2.93 bits per heavy atom. The Kier molecular flexibility index (Phi) is 5.54. The maximum atomic E-state index is 12.8. The summed E-state index contributed by atoms with van der Waals surface area (Å²) in [6, 6.07) is 7.51. The predicted octanol–water partition coefficient (Wildman–Crippen LogP) is 2.93. The molecule has 0 saturated carbocycles. The van der Waals surface area contributed by atoms with Crippen molar-refractivity contribution in [2.75, 3.05) is 25.5 Å². The zero-order valence-electron chi connectivity index (χ0n) is 16.7. The van der Waals surface area contributed by atoms with Crippen molar-refractivity contribution in [1.82, 2.24) is 14.9 Å². The number of amides is 2. The SMILES string of the molecule is CCOC(=O)C1CCc2sc(NC(=O)CN(C)C(=O)c3c[nH]c4ccccc34)nc21. The van der Waals surface area contributed by atoms with Crippen molar-refractivity contribution in [3.8, 4) is 0 Å². The molecular weight excluding hydrogens is 404 g/mol. The molecular formula is C21H22N4O4S. The van der Waals surface area contributed by atoms with Gasteiger partial charge in [0.05, 0.1) is 24.4 Å². The minimum absolute atomic E-state index is 0.107. The number of nitrogens with zero attached hydrogens (tertiary/aromatic N) is 2. The second kappa shape index (κ2) is 8.27. The number of aromatic nitrogens is 2. The Morgan fingerprint density at radius 2 is 2.13 bits per heavy atom. The van der Waals surface area contributed by atoms with Gasteiger partial charge in [-0.1, -0.05) is 18.2 Å². The largest absolute Gasteiger partial charge is 0.465 e. The van der Waals surface area contributed by atoms with Gasteiger partial charge in [0.15, 0.2) is 5.13 Å². The van der Waals surface area contributed by atoms with Crippen LogP contribution in [0.3, 0.4) is 0 Å². The van der Waals surface area contributed by atoms with E-state index in [4.69, 9.17) is 4.74 Å². The van der Waals surface area contributed by atoms with E-state index in [-0.39, 0.29) is 30.2 Å². The van der Waals surface area contributed by atoms with Gasteiger partial charge >= 0.3 is 5.97 Å². The zero-order chi connectivity index (χ0) is 21.3. The first kappa shape index (κ1) is 20.1. The van der Waals surface area contributed by atoms with Gasteiger partial charge in [-0.2, -0.15) is 0 Å². The molecule has 1 unspecified atom stereocenters. The van der Waals surface area contributed by atoms with Gasteiger partial charge < -0.3 is 19.9 Å². The maximum Gasteiger partial charge on any atom is 0.315 e. The van der Waals surface area contributed by atoms with Gasteiger partial charge in [-0.15, -0.1) is 11.3 Å². The molecule has 1 aliphatic rings. The van der Waals surface area contributed by atoms with Crippen molar-refractivity contribution in [3.63, 3.8) is 0 Å². The quantitative estimate of drug-likeness (QED) is 0.590. The number of benzene rings is 1. The second-order valence-electron chi connectivity index (χ2n) is 7.13. The van der Waals surface area contributed by atoms with Gasteiger partial charge in [0.2, 0.25) is 5.91 Å². The summed E-state index contributed by atoms with van der Waals surface area (Å²) < 4.78 is 5.11. The fourth-order valence-electron chi connectivity index (χ4n) is 3.65. The zero-order valence-corrected chi connectivity index (χ0v) is 17.5. The Balaban J connectivity index is 1.40. The van der Waals surface area contributed by atoms with E-state index in [0.717, 1.165) is 22.2 Å². The van der Waals surface area contributed by atoms with Crippen molar-refractivity contribution in [2.45, 2.75) is 25.7 Å². The first-order valence-electron chi connectivity index (χ1n) is 9.75. The highest BCUT2D eigenvalue weighted by Crippen LogP contribution is 2.38. The molecule has 2 amide bonds. The topological polar surface area (TPSA) is 104 Å². The van der Waals surface area contributed by atoms with Crippen molar-refractivity contribution in [1.29, 1.82) is 0 Å². The lowest BCUT2D eigenvalue weighted by Crippen LogP contribution is -2.34. The number of hydrogen-bond donors (Lipinski definition) is 2. The van der Waals surface area contributed by atoms with Gasteiger partial charge in [0.1, 0.15) is 5.92 Å². The van der Waals surface area contributed by atoms with Crippen LogP contribution in [0.4, 0.5) is 5.13 Å². The van der Waals surface area contributed by atoms with E-state index in [2.05, 4.69) is 15.3 Å². The monoisotopic (exact) mass is 426 g/mol. The molecule has 30 heavy (non-hydrogen) atoms. The number of fused-ring (bicyclic) bond motifs is 2. The highest BCUT2D eigenvalue weighted by Gasteiger charge is 2.34. The number of rotatable bonds is 6. The van der Waals surface area contributed by atoms with Crippen LogP contribution in [0.2, 0.25) is 0 Å². The van der Waals surface area contributed by atoms with Crippen molar-refractivity contribution in [2.24, 2.45) is 0 Å². The molecule has 156 valence electrons. The maximum absolute atomic E-state index is 12.8. The number of H-pyrrole nitrogens is 1. The van der Waals surface area contributed by atoms with Crippen LogP contribution >= 0.6 is 11.3 Å². The molecule has 0 spiro atoms. The predicted molar refractivity (Wildman–Crippen MR) is 114 cm³/mol. The standard InChI is InChI=1S/C21H22N4O4S/c1-3-29-20(28)13-8-9-16-18(13)24-21(30-16)23-17(26)11-25(2)19(27)14-10-22-15-7-5-4-6-12(14)15/h4-7,10,13,22H,3,8-9,11H2,1-2H3,(H,23,24,26). The van der Waals surface area contributed by atoms with E-state index in [1.807, 2.05) is 24.3 Å². The number of hydrogen-bond acceptors (Lipinski definition) is 6. The Hall–Kier alpha value is -3.20. The van der Waals surface area contributed by atoms with Crippen LogP contribution in [0.1, 0.15) is 40.2 Å². The van der Waals surface area contributed by atoms with Crippen molar-refractivity contribution in [3.05, 3.63) is 46.6 Å². The third-order valence-electron chi connectivity index (χ3n) is 5.08. The summed E-state index contributed by atoms with van der Waals surface area (Å²) in [6.45, 7) is 1.99. The van der Waals surface area contributed by atoms with Gasteiger partial charge in [0.25, 0.3) is 5.91 Å². The molecule has 4 rings (SSSR count). The fraction of sp³-hybridized carbons (Fsp3) is 0.333. The lowest BCUT2D eigenvalue weighted by molar-refractivity contribution is -0.145. The number of aromatic amines is 1. The van der Waals surface area contributed by atoms with E-state index in [1.165, 1.54) is 16.2 Å². The highest BCUT2D eigenvalue weighted by molar-refractivity contribution is 7.16. The van der Waals surface area contributed by atoms with Crippen LogP contribution in [0.25, 0.3) is 10.9 Å². The molecule has 0 bridgehead atoms. The summed E-state index contributed by atoms with van der Waals surface area (Å²) in [5.74, 6) is -1.23. The molecule has 2 aromatic heterocycles. The lowest BCUT2D eigenvalue weighted by Gasteiger charge is -2.16. The third kappa shape index (κ3) is 3.80. The first-order valence-corrected chi connectivity index (χ1v) is 10.6. The number of carbonyl (C=O) groups excluding carboxylic acids is 3. The number of ether oxygens (including phenoxy) is 1. The van der Waals surface area contributed by atoms with Crippen LogP contribution < -0.4 is 5.32 Å². The molecule has 3 aromatic rings. The smallest absolute Gasteiger partial charge is 0.315 e. The summed E-state index contributed by atoms with van der Waals surface area (Å²) in [4.78, 5) is 47.2. The molecule has 1 atom stereocenters. The number of thiazole rings is 1. The summed E-state index contributed by atoms with van der Waals surface area (Å²) in [5, 5.41) is 4.00. The number of esters is 1. The molecule has 9 heteroatoms. The van der Waals surface area contributed by atoms with Crippen LogP contribution in [-0.2, 0) is 20.7 Å². The number of para-hydroxylation sites is 1. The van der Waals surface area contributed by atoms with Crippen LogP contribution in [0.15, 0.2) is 30.5 Å². The molecule has 2 heterocycles. The van der Waals surface area contributed by atoms with Gasteiger partial charge in [-0.3, -0.25) is 14.4 Å². The molecule has 0 aliphatic heterocycles. The molecule has 1 aliphatic carbocycles. The van der Waals surface area contributed by atoms with Crippen molar-refractivity contribution < 1.29 is 19.1 Å². The molecule has 0 radical (unpaired) electrons. The summed E-state index contributed by atoms with van der Waals surface area (Å²) in [6.07, 6.45) is 3.08. The first-order chi connectivity index (χ1) is 14.5. The molecule has 2 N–H and O–H groups in total. The third-order valence-corrected chi connectivity index (χ3v) is 6.13. The fourth-order valence-corrected chi connectivity index (χ4v) is 4.71. The average Bonchev–Trinajstić information content (AvgIpc) is 3.41. The number of anilines is 1. The Morgan fingerprint density at radius 1 is 1.33 bits per heavy atom. The van der Waals surface area contributed by atoms with Crippen LogP contribution in [0.5, 0.6) is 0 Å². The van der Waals surface area contributed by atoms with Gasteiger partial charge in [-0.25, -0.2) is 4.98 Å². The number of carbonyl (C=O) groups is 3. The minimum Gasteiger partial charge on any atom is -0.465 e. The second-order valence-corrected chi connectivity index (χ2v) is 8.21. The summed E-state index contributed by atoms with van der Waals surface area (Å²) in [5.41, 5.74) is 2.08. The molecule has 0 fully saturated rings. The molecule has 8 nitrogen and oxygen atoms in total. The van der Waals surface area contributed by atoms with E-state index in [1.54, 1.807) is 20.2 Å². The van der Waals surface area contributed by atoms with E-state index in [9.17, 15) is 14.4 Å². The van der Waals surface area contributed by atoms with Gasteiger partial charge in [-0.05, 0) is 25.8 Å². The van der Waals surface area contributed by atoms with Crippen LogP contribution in [0, 0.1) is 0 Å². The van der Waals surface area contributed by atoms with E-state index >= 15 is 0 Å². The Labute approximate surface area is 177 Å². The number of aryl methyl sites for hydroxylation is 1. The van der Waals surface area contributed by atoms with Crippen molar-refractivity contribution >= 4 is 45.2 Å². The van der Waals surface area contributed by atoms with E-state index in [0.29, 0.717) is 29.4 Å². The lowest BCUT2D eigenvalue weighted by atomic mass is 10.1. The van der Waals surface area contributed by atoms with Crippen LogP contribution in [-0.4, -0.2) is 52.9 Å². The number of likely N-dealkylation sites (N-methyl/N-ethyl adjacent to an activating group) is 1. The normalized spacial score (nSPS) is 15.1. The van der Waals surface area contributed by atoms with Gasteiger partial charge in [0, 0.05) is 29.0 Å². The minimum atomic E-state index is -0.368. The molecule has 1 aromatic carbocycles. The average molecular weight is 426 g/mol. The summed E-state index contributed by atoms with van der Waals surface area (Å²) >= 11 is 1.37.